The molecule has 21 heavy (non-hydrogen) atoms. The molecule has 1 unspecified atom stereocenters. The van der Waals surface area contributed by atoms with E-state index in [2.05, 4.69) is 38.7 Å². The molecule has 3 heterocycles. The van der Waals surface area contributed by atoms with Crippen molar-refractivity contribution >= 4 is 15.9 Å². The lowest BCUT2D eigenvalue weighted by atomic mass is 10.1. The zero-order chi connectivity index (χ0) is 14.4. The van der Waals surface area contributed by atoms with Gasteiger partial charge in [-0.25, -0.2) is 0 Å². The van der Waals surface area contributed by atoms with E-state index in [0.29, 0.717) is 12.8 Å². The Kier molecular flexibility index (Phi) is 3.59. The van der Waals surface area contributed by atoms with E-state index in [0.717, 1.165) is 28.6 Å². The molecule has 0 aliphatic carbocycles. The molecule has 1 aromatic carbocycles. The predicted octanol–water partition coefficient (Wildman–Crippen LogP) is 2.85. The van der Waals surface area contributed by atoms with Crippen molar-refractivity contribution in [2.75, 3.05) is 26.4 Å². The van der Waals surface area contributed by atoms with Crippen molar-refractivity contribution < 1.29 is 9.47 Å². The van der Waals surface area contributed by atoms with Crippen LogP contribution in [-0.2, 0) is 6.54 Å². The van der Waals surface area contributed by atoms with Crippen molar-refractivity contribution in [3.05, 3.63) is 22.2 Å². The number of rotatable bonds is 2. The maximum absolute atomic E-state index is 5.51. The molecule has 2 atom stereocenters. The summed E-state index contributed by atoms with van der Waals surface area (Å²) in [5.41, 5.74) is 1.29. The minimum Gasteiger partial charge on any atom is -0.454 e. The van der Waals surface area contributed by atoms with Gasteiger partial charge in [0.15, 0.2) is 11.5 Å². The standard InChI is InChI=1S/C16H21BrN2O2/c1-11-7-18-4-2-3-13(18)9-19(11)8-12-5-15-16(6-14(12)17)21-10-20-15/h5-6,11,13H,2-4,7-10H2,1H3/t11-,13?/m1/s1. The first-order chi connectivity index (χ1) is 10.2. The molecule has 2 fully saturated rings. The summed E-state index contributed by atoms with van der Waals surface area (Å²) in [5, 5.41) is 0. The van der Waals surface area contributed by atoms with Crippen LogP contribution in [-0.4, -0.2) is 48.3 Å². The Hall–Kier alpha value is -0.780. The highest BCUT2D eigenvalue weighted by Crippen LogP contribution is 2.38. The molecular weight excluding hydrogens is 332 g/mol. The Bertz CT molecular complexity index is 551. The number of halogens is 1. The van der Waals surface area contributed by atoms with Gasteiger partial charge in [0, 0.05) is 36.2 Å². The molecule has 4 rings (SSSR count). The fraction of sp³-hybridized carbons (Fsp3) is 0.625. The van der Waals surface area contributed by atoms with Gasteiger partial charge in [-0.15, -0.1) is 0 Å². The predicted molar refractivity (Wildman–Crippen MR) is 84.7 cm³/mol. The Morgan fingerprint density at radius 1 is 1.24 bits per heavy atom. The van der Waals surface area contributed by atoms with Crippen molar-refractivity contribution in [2.45, 2.75) is 38.4 Å². The Balaban J connectivity index is 1.53. The van der Waals surface area contributed by atoms with E-state index in [-0.39, 0.29) is 0 Å². The van der Waals surface area contributed by atoms with Crippen LogP contribution in [0.5, 0.6) is 11.5 Å². The Morgan fingerprint density at radius 3 is 2.90 bits per heavy atom. The molecule has 0 radical (unpaired) electrons. The van der Waals surface area contributed by atoms with Gasteiger partial charge in [0.1, 0.15) is 0 Å². The highest BCUT2D eigenvalue weighted by atomic mass is 79.9. The molecule has 4 nitrogen and oxygen atoms in total. The lowest BCUT2D eigenvalue weighted by molar-refractivity contribution is 0.0538. The van der Waals surface area contributed by atoms with Gasteiger partial charge in [0.25, 0.3) is 0 Å². The van der Waals surface area contributed by atoms with E-state index in [1.807, 2.05) is 6.07 Å². The second-order valence-corrected chi connectivity index (χ2v) is 7.22. The quantitative estimate of drug-likeness (QED) is 0.816. The van der Waals surface area contributed by atoms with Gasteiger partial charge in [-0.3, -0.25) is 9.80 Å². The highest BCUT2D eigenvalue weighted by Gasteiger charge is 2.34. The third-order valence-electron chi connectivity index (χ3n) is 4.98. The fourth-order valence-corrected chi connectivity index (χ4v) is 4.22. The van der Waals surface area contributed by atoms with Crippen LogP contribution in [0.15, 0.2) is 16.6 Å². The number of nitrogens with zero attached hydrogens (tertiary/aromatic N) is 2. The van der Waals surface area contributed by atoms with E-state index >= 15 is 0 Å². The number of hydrogen-bond acceptors (Lipinski definition) is 4. The fourth-order valence-electron chi connectivity index (χ4n) is 3.77. The lowest BCUT2D eigenvalue weighted by Gasteiger charge is -2.42. The van der Waals surface area contributed by atoms with E-state index in [9.17, 15) is 0 Å². The first-order valence-corrected chi connectivity index (χ1v) is 8.56. The highest BCUT2D eigenvalue weighted by molar-refractivity contribution is 9.10. The number of fused-ring (bicyclic) bond motifs is 2. The summed E-state index contributed by atoms with van der Waals surface area (Å²) in [7, 11) is 0. The Morgan fingerprint density at radius 2 is 2.05 bits per heavy atom. The van der Waals surface area contributed by atoms with Crippen LogP contribution in [0.3, 0.4) is 0 Å². The second kappa shape index (κ2) is 5.45. The van der Waals surface area contributed by atoms with E-state index in [1.165, 1.54) is 38.0 Å². The number of piperazine rings is 1. The molecule has 3 aliphatic rings. The lowest BCUT2D eigenvalue weighted by Crippen LogP contribution is -2.54. The monoisotopic (exact) mass is 352 g/mol. The SMILES string of the molecule is C[C@@H]1CN2CCCC2CN1Cc1cc2c(cc1Br)OCO2. The third-order valence-corrected chi connectivity index (χ3v) is 5.72. The Labute approximate surface area is 134 Å². The van der Waals surface area contributed by atoms with Crippen LogP contribution < -0.4 is 9.47 Å². The minimum absolute atomic E-state index is 0.336. The molecule has 3 aliphatic heterocycles. The van der Waals surface area contributed by atoms with Crippen LogP contribution in [0.4, 0.5) is 0 Å². The van der Waals surface area contributed by atoms with Crippen molar-refractivity contribution in [2.24, 2.45) is 0 Å². The van der Waals surface area contributed by atoms with Crippen LogP contribution in [0.25, 0.3) is 0 Å². The molecule has 5 heteroatoms. The molecule has 0 aromatic heterocycles. The summed E-state index contributed by atoms with van der Waals surface area (Å²) in [4.78, 5) is 5.27. The molecule has 0 N–H and O–H groups in total. The molecule has 0 bridgehead atoms. The summed E-state index contributed by atoms with van der Waals surface area (Å²) < 4.78 is 12.1. The zero-order valence-corrected chi connectivity index (χ0v) is 13.9. The molecule has 0 saturated carbocycles. The molecule has 0 amide bonds. The molecule has 114 valence electrons. The summed E-state index contributed by atoms with van der Waals surface area (Å²) >= 11 is 3.68. The minimum atomic E-state index is 0.336. The van der Waals surface area contributed by atoms with Crippen LogP contribution in [0.1, 0.15) is 25.3 Å². The molecular formula is C16H21BrN2O2. The van der Waals surface area contributed by atoms with Gasteiger partial charge in [0.2, 0.25) is 6.79 Å². The first-order valence-electron chi connectivity index (χ1n) is 7.77. The number of benzene rings is 1. The normalized spacial score (nSPS) is 28.9. The van der Waals surface area contributed by atoms with Gasteiger partial charge in [0.05, 0.1) is 0 Å². The van der Waals surface area contributed by atoms with Crippen LogP contribution >= 0.6 is 15.9 Å². The van der Waals surface area contributed by atoms with E-state index < -0.39 is 0 Å². The summed E-state index contributed by atoms with van der Waals surface area (Å²) in [6, 6.07) is 5.53. The summed E-state index contributed by atoms with van der Waals surface area (Å²) in [5.74, 6) is 1.72. The van der Waals surface area contributed by atoms with Crippen LogP contribution in [0, 0.1) is 0 Å². The smallest absolute Gasteiger partial charge is 0.231 e. The largest absolute Gasteiger partial charge is 0.454 e. The van der Waals surface area contributed by atoms with Crippen molar-refractivity contribution in [3.63, 3.8) is 0 Å². The van der Waals surface area contributed by atoms with Gasteiger partial charge in [-0.05, 0) is 44.0 Å². The average Bonchev–Trinajstić information content (AvgIpc) is 3.07. The summed E-state index contributed by atoms with van der Waals surface area (Å²) in [6.07, 6.45) is 2.71. The van der Waals surface area contributed by atoms with E-state index in [4.69, 9.17) is 9.47 Å². The van der Waals surface area contributed by atoms with Gasteiger partial charge in [-0.1, -0.05) is 15.9 Å². The van der Waals surface area contributed by atoms with Gasteiger partial charge in [-0.2, -0.15) is 0 Å². The van der Waals surface area contributed by atoms with Crippen molar-refractivity contribution in [3.8, 4) is 11.5 Å². The molecule has 2 saturated heterocycles. The number of ether oxygens (including phenoxy) is 2. The van der Waals surface area contributed by atoms with Crippen molar-refractivity contribution in [1.29, 1.82) is 0 Å². The number of hydrogen-bond donors (Lipinski definition) is 0. The molecule has 0 spiro atoms. The average molecular weight is 353 g/mol. The maximum atomic E-state index is 5.51. The summed E-state index contributed by atoms with van der Waals surface area (Å²) in [6.45, 7) is 7.33. The molecule has 1 aromatic rings. The van der Waals surface area contributed by atoms with E-state index in [1.54, 1.807) is 0 Å². The topological polar surface area (TPSA) is 24.9 Å². The zero-order valence-electron chi connectivity index (χ0n) is 12.3. The van der Waals surface area contributed by atoms with Gasteiger partial charge >= 0.3 is 0 Å². The maximum Gasteiger partial charge on any atom is 0.231 e. The third kappa shape index (κ3) is 2.56. The van der Waals surface area contributed by atoms with Crippen LogP contribution in [0.2, 0.25) is 0 Å². The first kappa shape index (κ1) is 13.9. The van der Waals surface area contributed by atoms with Gasteiger partial charge < -0.3 is 9.47 Å². The second-order valence-electron chi connectivity index (χ2n) is 6.37. The van der Waals surface area contributed by atoms with Crippen molar-refractivity contribution in [1.82, 2.24) is 9.80 Å².